The summed E-state index contributed by atoms with van der Waals surface area (Å²) in [5, 5.41) is 10.3. The van der Waals surface area contributed by atoms with E-state index in [4.69, 9.17) is 14.6 Å². The van der Waals surface area contributed by atoms with E-state index >= 15 is 0 Å². The van der Waals surface area contributed by atoms with E-state index in [0.29, 0.717) is 0 Å². The molecule has 2 aromatic heterocycles. The number of halogens is 4. The van der Waals surface area contributed by atoms with Crippen molar-refractivity contribution in [2.75, 3.05) is 18.8 Å². The molecule has 0 radical (unpaired) electrons. The van der Waals surface area contributed by atoms with Gasteiger partial charge in [-0.15, -0.1) is 23.1 Å². The second-order valence-corrected chi connectivity index (χ2v) is 9.07. The van der Waals surface area contributed by atoms with Gasteiger partial charge in [0.15, 0.2) is 5.82 Å². The van der Waals surface area contributed by atoms with Crippen LogP contribution in [0.25, 0.3) is 0 Å². The average molecular weight is 451 g/mol. The van der Waals surface area contributed by atoms with Crippen molar-refractivity contribution in [2.45, 2.75) is 30.0 Å². The zero-order chi connectivity index (χ0) is 21.1. The molecule has 1 atom stereocenters. The van der Waals surface area contributed by atoms with Crippen LogP contribution in [0.3, 0.4) is 0 Å². The summed E-state index contributed by atoms with van der Waals surface area (Å²) in [5.41, 5.74) is 0. The first kappa shape index (κ1) is 21.8. The van der Waals surface area contributed by atoms with E-state index in [9.17, 15) is 17.6 Å². The van der Waals surface area contributed by atoms with Crippen LogP contribution in [0.2, 0.25) is 0 Å². The lowest BCUT2D eigenvalue weighted by Gasteiger charge is -2.47. The van der Waals surface area contributed by atoms with Crippen molar-refractivity contribution in [3.63, 3.8) is 0 Å². The van der Waals surface area contributed by atoms with Crippen LogP contribution in [0.1, 0.15) is 11.4 Å². The molecule has 2 aliphatic heterocycles. The molecule has 12 heteroatoms. The van der Waals surface area contributed by atoms with Gasteiger partial charge in [-0.2, -0.15) is 13.2 Å². The van der Waals surface area contributed by atoms with Crippen molar-refractivity contribution in [3.8, 4) is 5.88 Å². The monoisotopic (exact) mass is 451 g/mol. The van der Waals surface area contributed by atoms with Gasteiger partial charge in [-0.25, -0.2) is 19.2 Å². The lowest BCUT2D eigenvalue weighted by molar-refractivity contribution is -0.192. The van der Waals surface area contributed by atoms with Gasteiger partial charge in [0.1, 0.15) is 11.1 Å². The van der Waals surface area contributed by atoms with Gasteiger partial charge in [0, 0.05) is 47.8 Å². The number of aromatic nitrogens is 2. The van der Waals surface area contributed by atoms with Crippen LogP contribution in [-0.2, 0) is 11.3 Å². The largest absolute Gasteiger partial charge is 0.490 e. The molecule has 4 heterocycles. The summed E-state index contributed by atoms with van der Waals surface area (Å²) in [7, 11) is 0. The number of carboxylic acids is 1. The zero-order valence-corrected chi connectivity index (χ0v) is 16.6. The molecule has 0 amide bonds. The Morgan fingerprint density at radius 2 is 2.07 bits per heavy atom. The Bertz CT molecular complexity index is 830. The van der Waals surface area contributed by atoms with E-state index < -0.39 is 12.1 Å². The third-order valence-corrected chi connectivity index (χ3v) is 6.63. The third kappa shape index (κ3) is 5.80. The van der Waals surface area contributed by atoms with Crippen LogP contribution in [0, 0.1) is 5.82 Å². The minimum absolute atomic E-state index is 0.0522. The molecule has 0 aromatic carbocycles. The first-order valence-corrected chi connectivity index (χ1v) is 10.4. The highest BCUT2D eigenvalue weighted by Crippen LogP contribution is 2.46. The molecule has 0 bridgehead atoms. The molecule has 2 fully saturated rings. The van der Waals surface area contributed by atoms with Gasteiger partial charge in [-0.1, -0.05) is 0 Å². The Labute approximate surface area is 171 Å². The van der Waals surface area contributed by atoms with E-state index in [0.717, 1.165) is 31.8 Å². The van der Waals surface area contributed by atoms with Crippen molar-refractivity contribution in [3.05, 3.63) is 40.7 Å². The number of aliphatic carboxylic acids is 1. The van der Waals surface area contributed by atoms with Gasteiger partial charge in [0.2, 0.25) is 0 Å². The van der Waals surface area contributed by atoms with E-state index in [-0.39, 0.29) is 22.5 Å². The minimum atomic E-state index is -5.08. The maximum atomic E-state index is 13.6. The van der Waals surface area contributed by atoms with E-state index in [1.54, 1.807) is 23.6 Å². The van der Waals surface area contributed by atoms with Crippen molar-refractivity contribution >= 4 is 29.1 Å². The second kappa shape index (κ2) is 8.84. The van der Waals surface area contributed by atoms with Crippen molar-refractivity contribution in [1.82, 2.24) is 14.9 Å². The fourth-order valence-electron chi connectivity index (χ4n) is 3.12. The Kier molecular flexibility index (Phi) is 6.64. The van der Waals surface area contributed by atoms with Crippen molar-refractivity contribution in [2.24, 2.45) is 0 Å². The van der Waals surface area contributed by atoms with Gasteiger partial charge >= 0.3 is 12.1 Å². The van der Waals surface area contributed by atoms with E-state index in [1.807, 2.05) is 23.3 Å². The van der Waals surface area contributed by atoms with Crippen LogP contribution >= 0.6 is 23.1 Å². The lowest BCUT2D eigenvalue weighted by Crippen LogP contribution is -2.58. The predicted molar refractivity (Wildman–Crippen MR) is 99.5 cm³/mol. The minimum Gasteiger partial charge on any atom is -0.475 e. The molecule has 1 spiro atoms. The Morgan fingerprint density at radius 1 is 1.34 bits per heavy atom. The van der Waals surface area contributed by atoms with Crippen LogP contribution in [0.15, 0.2) is 29.9 Å². The highest BCUT2D eigenvalue weighted by molar-refractivity contribution is 8.01. The predicted octanol–water partition coefficient (Wildman–Crippen LogP) is 3.45. The molecule has 1 N–H and O–H groups in total. The fourth-order valence-corrected chi connectivity index (χ4v) is 5.35. The molecule has 158 valence electrons. The van der Waals surface area contributed by atoms with Gasteiger partial charge < -0.3 is 9.84 Å². The van der Waals surface area contributed by atoms with Gasteiger partial charge in [0.05, 0.1) is 6.54 Å². The summed E-state index contributed by atoms with van der Waals surface area (Å²) in [6, 6.07) is 2.97. The second-order valence-electron chi connectivity index (χ2n) is 6.60. The number of alkyl halides is 3. The molecule has 0 saturated carbocycles. The maximum Gasteiger partial charge on any atom is 0.490 e. The molecule has 2 aromatic rings. The number of hydrogen-bond acceptors (Lipinski definition) is 7. The van der Waals surface area contributed by atoms with Crippen LogP contribution < -0.4 is 4.74 Å². The number of carboxylic acid groups (broad SMARTS) is 1. The van der Waals surface area contributed by atoms with E-state index in [2.05, 4.69) is 14.9 Å². The lowest BCUT2D eigenvalue weighted by atomic mass is 9.93. The summed E-state index contributed by atoms with van der Waals surface area (Å²) >= 11 is 3.65. The molecular formula is C17H17F4N3O3S2. The number of ether oxygens (including phenoxy) is 1. The number of pyridine rings is 1. The smallest absolute Gasteiger partial charge is 0.475 e. The quantitative estimate of drug-likeness (QED) is 0.714. The normalized spacial score (nSPS) is 20.6. The fraction of sp³-hybridized carbons (Fsp3) is 0.471. The summed E-state index contributed by atoms with van der Waals surface area (Å²) in [5.74, 6) is -2.11. The number of hydrogen-bond donors (Lipinski definition) is 1. The summed E-state index contributed by atoms with van der Waals surface area (Å²) in [6.07, 6.45) is -0.654. The molecule has 2 aliphatic rings. The highest BCUT2D eigenvalue weighted by Gasteiger charge is 2.49. The van der Waals surface area contributed by atoms with Gasteiger partial charge in [-0.05, 0) is 12.1 Å². The number of thiazole rings is 1. The molecule has 2 saturated heterocycles. The third-order valence-electron chi connectivity index (χ3n) is 4.29. The first-order chi connectivity index (χ1) is 13.7. The molecule has 1 unspecified atom stereocenters. The summed E-state index contributed by atoms with van der Waals surface area (Å²) in [6.45, 7) is 3.05. The highest BCUT2D eigenvalue weighted by atomic mass is 32.2. The summed E-state index contributed by atoms with van der Waals surface area (Å²) in [4.78, 5) is 19.6. The Hall–Kier alpha value is -1.92. The van der Waals surface area contributed by atoms with E-state index in [1.165, 1.54) is 11.1 Å². The molecular weight excluding hydrogens is 434 g/mol. The molecule has 0 aliphatic carbocycles. The maximum absolute atomic E-state index is 13.6. The number of rotatable bonds is 4. The van der Waals surface area contributed by atoms with Gasteiger partial charge in [0.25, 0.3) is 5.88 Å². The molecule has 29 heavy (non-hydrogen) atoms. The Balaban J connectivity index is 0.000000298. The van der Waals surface area contributed by atoms with Crippen LogP contribution in [0.4, 0.5) is 17.6 Å². The van der Waals surface area contributed by atoms with Crippen molar-refractivity contribution in [1.29, 1.82) is 0 Å². The SMILES string of the molecule is Fc1cccnc1OC1CSC2(C1)CN(Cc1nccs1)C2.O=C(O)C(F)(F)F. The first-order valence-electron chi connectivity index (χ1n) is 8.49. The average Bonchev–Trinajstić information content (AvgIpc) is 3.27. The summed E-state index contributed by atoms with van der Waals surface area (Å²) < 4.78 is 51.3. The number of likely N-dealkylation sites (tertiary alicyclic amines) is 1. The van der Waals surface area contributed by atoms with Gasteiger partial charge in [-0.3, -0.25) is 4.90 Å². The van der Waals surface area contributed by atoms with Crippen LogP contribution in [0.5, 0.6) is 5.88 Å². The number of thioether (sulfide) groups is 1. The van der Waals surface area contributed by atoms with Crippen molar-refractivity contribution < 1.29 is 32.2 Å². The number of carbonyl (C=O) groups is 1. The standard InChI is InChI=1S/C15H16FN3OS2.C2HF3O2/c16-12-2-1-3-18-14(12)20-11-6-15(22-8-11)9-19(10-15)7-13-17-4-5-21-13;3-2(4,5)1(6)7/h1-5,11H,6-10H2;(H,6,7). The number of nitrogens with zero attached hydrogens (tertiary/aromatic N) is 3. The Morgan fingerprint density at radius 3 is 2.66 bits per heavy atom. The van der Waals surface area contributed by atoms with Crippen LogP contribution in [-0.4, -0.2) is 61.8 Å². The zero-order valence-electron chi connectivity index (χ0n) is 14.9. The topological polar surface area (TPSA) is 75.5 Å². The molecule has 4 rings (SSSR count). The molecule has 6 nitrogen and oxygen atoms in total.